The summed E-state index contributed by atoms with van der Waals surface area (Å²) in [4.78, 5) is 43.4. The molecule has 46 heavy (non-hydrogen) atoms. The van der Waals surface area contributed by atoms with Gasteiger partial charge in [0.15, 0.2) is 11.4 Å². The van der Waals surface area contributed by atoms with Crippen LogP contribution in [0.1, 0.15) is 73.4 Å². The number of fused-ring (bicyclic) bond motifs is 5. The Morgan fingerprint density at radius 3 is 2.24 bits per heavy atom. The summed E-state index contributed by atoms with van der Waals surface area (Å²) in [6.45, 7) is 2.82. The van der Waals surface area contributed by atoms with E-state index in [1.807, 2.05) is 19.0 Å². The van der Waals surface area contributed by atoms with Crippen LogP contribution in [0, 0.1) is 29.6 Å². The number of phenols is 1. The van der Waals surface area contributed by atoms with E-state index in [1.165, 1.54) is 25.7 Å². The number of phenolic OH excluding ortho intramolecular Hbond substituents is 1. The minimum Gasteiger partial charge on any atom is -0.510 e. The van der Waals surface area contributed by atoms with E-state index in [-0.39, 0.29) is 29.7 Å². The van der Waals surface area contributed by atoms with Crippen LogP contribution in [-0.2, 0) is 22.6 Å². The third-order valence-corrected chi connectivity index (χ3v) is 11.6. The average Bonchev–Trinajstić information content (AvgIpc) is 2.96. The molecule has 250 valence electrons. The van der Waals surface area contributed by atoms with Crippen molar-refractivity contribution in [2.45, 2.75) is 82.5 Å². The van der Waals surface area contributed by atoms with Crippen LogP contribution < -0.4 is 16.0 Å². The Morgan fingerprint density at radius 2 is 1.67 bits per heavy atom. The van der Waals surface area contributed by atoms with Gasteiger partial charge in [0.25, 0.3) is 5.91 Å². The van der Waals surface area contributed by atoms with Gasteiger partial charge in [-0.05, 0) is 99.9 Å². The SMILES string of the molecule is CCC1CC2CC(C1)CC(NCc1cc(O)c3c(c1N(C)C)C[C@H]1C[C@H]4[C@H](N(C)C)C(O)=C(C(N)=O)C(=O)[C@@]4(O)C(O)=C1C3=O)C2. The highest BCUT2D eigenvalue weighted by atomic mass is 16.3. The van der Waals surface area contributed by atoms with Crippen LogP contribution in [0.2, 0.25) is 0 Å². The molecular weight excluding hydrogens is 588 g/mol. The molecule has 5 aliphatic carbocycles. The lowest BCUT2D eigenvalue weighted by atomic mass is 9.58. The zero-order valence-corrected chi connectivity index (χ0v) is 27.5. The number of carbonyl (C=O) groups is 3. The number of benzene rings is 1. The first-order valence-electron chi connectivity index (χ1n) is 16.6. The average molecular weight is 637 g/mol. The number of amides is 1. The van der Waals surface area contributed by atoms with Gasteiger partial charge < -0.3 is 36.4 Å². The van der Waals surface area contributed by atoms with Crippen molar-refractivity contribution in [3.8, 4) is 5.75 Å². The van der Waals surface area contributed by atoms with Crippen LogP contribution in [0.3, 0.4) is 0 Å². The first-order chi connectivity index (χ1) is 21.7. The van der Waals surface area contributed by atoms with E-state index in [0.29, 0.717) is 18.2 Å². The number of aliphatic hydroxyl groups is 3. The van der Waals surface area contributed by atoms with Crippen LogP contribution in [-0.4, -0.2) is 88.7 Å². The molecule has 7 N–H and O–H groups in total. The standard InChI is InChI=1S/C35H48N4O7/c1-6-16-7-17-9-18(8-16)11-21(10-17)37-15-20-14-24(40)26-22(28(20)38(2)3)12-19-13-23-29(39(4)5)31(42)27(34(36)45)33(44)35(23,46)32(43)25(19)30(26)41/h14,16-19,21,23,29,37,40,42-43,46H,6-13,15H2,1-5H3,(H2,36,45)/t16?,17?,18?,19-,21?,23-,29-,35-/m0/s1. The second kappa shape index (κ2) is 11.7. The Hall–Kier alpha value is -3.41. The molecule has 2 unspecified atom stereocenters. The van der Waals surface area contributed by atoms with Crippen molar-refractivity contribution in [2.24, 2.45) is 35.3 Å². The summed E-state index contributed by atoms with van der Waals surface area (Å²) < 4.78 is 0. The van der Waals surface area contributed by atoms with E-state index in [1.54, 1.807) is 25.1 Å². The van der Waals surface area contributed by atoms with Crippen LogP contribution >= 0.6 is 0 Å². The molecule has 2 fully saturated rings. The van der Waals surface area contributed by atoms with E-state index in [4.69, 9.17) is 5.73 Å². The minimum atomic E-state index is -2.65. The number of Topliss-reactive ketones (excluding diaryl/α,β-unsaturated/α-hetero) is 2. The largest absolute Gasteiger partial charge is 0.510 e. The van der Waals surface area contributed by atoms with Gasteiger partial charge in [-0.25, -0.2) is 0 Å². The Kier molecular flexibility index (Phi) is 8.26. The summed E-state index contributed by atoms with van der Waals surface area (Å²) in [7, 11) is 7.04. The lowest BCUT2D eigenvalue weighted by Crippen LogP contribution is -2.63. The first-order valence-corrected chi connectivity index (χ1v) is 16.6. The van der Waals surface area contributed by atoms with Crippen LogP contribution in [0.5, 0.6) is 5.75 Å². The van der Waals surface area contributed by atoms with Crippen LogP contribution in [0.15, 0.2) is 28.7 Å². The number of rotatable bonds is 7. The van der Waals surface area contributed by atoms with Crippen molar-refractivity contribution in [2.75, 3.05) is 33.1 Å². The molecule has 2 bridgehead atoms. The highest BCUT2D eigenvalue weighted by Crippen LogP contribution is 2.53. The predicted octanol–water partition coefficient (Wildman–Crippen LogP) is 2.88. The first kappa shape index (κ1) is 32.5. The monoisotopic (exact) mass is 636 g/mol. The van der Waals surface area contributed by atoms with Gasteiger partial charge >= 0.3 is 0 Å². The molecule has 0 heterocycles. The smallest absolute Gasteiger partial charge is 0.255 e. The zero-order valence-electron chi connectivity index (χ0n) is 27.5. The van der Waals surface area contributed by atoms with Gasteiger partial charge in [-0.15, -0.1) is 0 Å². The van der Waals surface area contributed by atoms with Gasteiger partial charge in [0.05, 0.1) is 11.6 Å². The molecule has 5 aliphatic rings. The summed E-state index contributed by atoms with van der Waals surface area (Å²) in [5.74, 6) is -4.15. The highest BCUT2D eigenvalue weighted by molar-refractivity contribution is 6.24. The quantitative estimate of drug-likeness (QED) is 0.244. The molecule has 0 aliphatic heterocycles. The Morgan fingerprint density at radius 1 is 1.02 bits per heavy atom. The third kappa shape index (κ3) is 4.93. The summed E-state index contributed by atoms with van der Waals surface area (Å²) >= 11 is 0. The van der Waals surface area contributed by atoms with Crippen molar-refractivity contribution in [3.05, 3.63) is 45.4 Å². The maximum atomic E-state index is 14.2. The van der Waals surface area contributed by atoms with E-state index >= 15 is 0 Å². The van der Waals surface area contributed by atoms with Gasteiger partial charge in [-0.3, -0.25) is 19.3 Å². The number of nitrogens with two attached hydrogens (primary N) is 1. The lowest BCUT2D eigenvalue weighted by molar-refractivity contribution is -0.148. The molecule has 1 amide bonds. The molecule has 6 rings (SSSR count). The molecule has 6 atom stereocenters. The molecule has 0 aromatic heterocycles. The van der Waals surface area contributed by atoms with Gasteiger partial charge in [0, 0.05) is 43.9 Å². The molecular formula is C35H48N4O7. The summed E-state index contributed by atoms with van der Waals surface area (Å²) in [6.07, 6.45) is 7.77. The van der Waals surface area contributed by atoms with E-state index < -0.39 is 58.0 Å². The number of primary amides is 1. The van der Waals surface area contributed by atoms with E-state index in [9.17, 15) is 34.8 Å². The number of hydrogen-bond acceptors (Lipinski definition) is 10. The Labute approximate surface area is 270 Å². The normalized spacial score (nSPS) is 33.9. The number of nitrogens with one attached hydrogen (secondary N) is 1. The van der Waals surface area contributed by atoms with Crippen molar-refractivity contribution in [1.82, 2.24) is 10.2 Å². The molecule has 0 radical (unpaired) electrons. The molecule has 1 aromatic carbocycles. The van der Waals surface area contributed by atoms with Crippen molar-refractivity contribution >= 4 is 23.2 Å². The topological polar surface area (TPSA) is 177 Å². The van der Waals surface area contributed by atoms with Crippen LogP contribution in [0.4, 0.5) is 5.69 Å². The fourth-order valence-corrected chi connectivity index (χ4v) is 9.81. The van der Waals surface area contributed by atoms with Crippen molar-refractivity contribution < 1.29 is 34.8 Å². The number of aromatic hydroxyl groups is 1. The summed E-state index contributed by atoms with van der Waals surface area (Å²) in [5.41, 5.74) is 4.19. The van der Waals surface area contributed by atoms with Gasteiger partial charge in [-0.2, -0.15) is 0 Å². The van der Waals surface area contributed by atoms with Crippen molar-refractivity contribution in [3.63, 3.8) is 0 Å². The molecule has 0 spiro atoms. The Bertz CT molecular complexity index is 1530. The number of anilines is 1. The fourth-order valence-electron chi connectivity index (χ4n) is 9.81. The van der Waals surface area contributed by atoms with E-state index in [0.717, 1.165) is 41.8 Å². The number of allylic oxidation sites excluding steroid dienone is 1. The number of hydrogen-bond donors (Lipinski definition) is 6. The second-order valence-electron chi connectivity index (χ2n) is 14.9. The fraction of sp³-hybridized carbons (Fsp3) is 0.629. The van der Waals surface area contributed by atoms with E-state index in [2.05, 4.69) is 12.2 Å². The maximum Gasteiger partial charge on any atom is 0.255 e. The minimum absolute atomic E-state index is 0.0334. The number of likely N-dealkylation sites (N-methyl/N-ethyl adjacent to an activating group) is 1. The van der Waals surface area contributed by atoms with Gasteiger partial charge in [-0.1, -0.05) is 13.3 Å². The van der Waals surface area contributed by atoms with Gasteiger partial charge in [0.1, 0.15) is 22.8 Å². The molecule has 0 saturated heterocycles. The maximum absolute atomic E-state index is 14.2. The molecule has 2 saturated carbocycles. The third-order valence-electron chi connectivity index (χ3n) is 11.6. The van der Waals surface area contributed by atoms with Gasteiger partial charge in [0.2, 0.25) is 5.78 Å². The van der Waals surface area contributed by atoms with Crippen molar-refractivity contribution in [1.29, 1.82) is 0 Å². The zero-order chi connectivity index (χ0) is 33.4. The summed E-state index contributed by atoms with van der Waals surface area (Å²) in [6, 6.07) is 0.968. The molecule has 11 heteroatoms. The highest BCUT2D eigenvalue weighted by Gasteiger charge is 2.63. The molecule has 11 nitrogen and oxygen atoms in total. The lowest BCUT2D eigenvalue weighted by Gasteiger charge is -2.50. The summed E-state index contributed by atoms with van der Waals surface area (Å²) in [5, 5.41) is 49.5. The second-order valence-corrected chi connectivity index (χ2v) is 14.9. The number of aliphatic hydroxyl groups excluding tert-OH is 2. The van der Waals surface area contributed by atoms with Crippen LogP contribution in [0.25, 0.3) is 0 Å². The number of carbonyl (C=O) groups excluding carboxylic acids is 3. The predicted molar refractivity (Wildman–Crippen MR) is 172 cm³/mol. The Balaban J connectivity index is 1.36. The number of ketones is 2. The molecule has 1 aromatic rings. The number of nitrogens with zero attached hydrogens (tertiary/aromatic N) is 2.